The molecule has 156 valence electrons. The van der Waals surface area contributed by atoms with Crippen molar-refractivity contribution in [2.45, 2.75) is 19.8 Å². The van der Waals surface area contributed by atoms with Gasteiger partial charge in [0.2, 0.25) is 0 Å². The van der Waals surface area contributed by atoms with Gasteiger partial charge in [0.1, 0.15) is 5.52 Å². The predicted octanol–water partition coefficient (Wildman–Crippen LogP) is 4.05. The third-order valence-corrected chi connectivity index (χ3v) is 4.41. The minimum atomic E-state index is -0.484. The molecule has 3 aromatic heterocycles. The van der Waals surface area contributed by atoms with E-state index in [0.717, 1.165) is 17.5 Å². The van der Waals surface area contributed by atoms with Crippen LogP contribution in [0.1, 0.15) is 24.7 Å². The first-order valence-corrected chi connectivity index (χ1v) is 9.46. The Morgan fingerprint density at radius 3 is 3.00 bits per heavy atom. The van der Waals surface area contributed by atoms with Gasteiger partial charge in [-0.3, -0.25) is 4.98 Å². The molecule has 0 aliphatic heterocycles. The van der Waals surface area contributed by atoms with Crippen molar-refractivity contribution < 1.29 is 14.2 Å². The van der Waals surface area contributed by atoms with Crippen LogP contribution in [-0.2, 0) is 11.2 Å². The van der Waals surface area contributed by atoms with Crippen LogP contribution in [0, 0.1) is 5.82 Å². The molecule has 30 heavy (non-hydrogen) atoms. The molecule has 0 saturated carbocycles. The van der Waals surface area contributed by atoms with E-state index in [1.54, 1.807) is 29.9 Å². The Bertz CT molecular complexity index is 1100. The number of fused-ring (bicyclic) bond motifs is 1. The largest absolute Gasteiger partial charge is 0.501 e. The fourth-order valence-electron chi connectivity index (χ4n) is 2.75. The SMILES string of the molecule is C=C(/C=C\C=C(/C)OC)c1nc(Nc2ccncc2F)c2cc(CCCO)cn2n1. The number of aromatic nitrogens is 4. The van der Waals surface area contributed by atoms with E-state index in [1.165, 1.54) is 12.3 Å². The lowest BCUT2D eigenvalue weighted by atomic mass is 10.2. The molecule has 0 spiro atoms. The summed E-state index contributed by atoms with van der Waals surface area (Å²) in [5, 5.41) is 16.7. The maximum atomic E-state index is 14.1. The average molecular weight is 409 g/mol. The number of methoxy groups -OCH3 is 1. The number of allylic oxidation sites excluding steroid dienone is 5. The molecule has 0 amide bonds. The number of nitrogens with zero attached hydrogens (tertiary/aromatic N) is 4. The van der Waals surface area contributed by atoms with Gasteiger partial charge >= 0.3 is 0 Å². The highest BCUT2D eigenvalue weighted by molar-refractivity contribution is 5.77. The van der Waals surface area contributed by atoms with Crippen molar-refractivity contribution in [1.82, 2.24) is 19.6 Å². The quantitative estimate of drug-likeness (QED) is 0.410. The summed E-state index contributed by atoms with van der Waals surface area (Å²) in [6, 6.07) is 3.46. The van der Waals surface area contributed by atoms with Gasteiger partial charge in [-0.1, -0.05) is 18.7 Å². The lowest BCUT2D eigenvalue weighted by molar-refractivity contribution is 0.288. The van der Waals surface area contributed by atoms with Gasteiger partial charge in [0.05, 0.1) is 24.8 Å². The van der Waals surface area contributed by atoms with Crippen molar-refractivity contribution in [1.29, 1.82) is 0 Å². The predicted molar refractivity (Wildman–Crippen MR) is 115 cm³/mol. The van der Waals surface area contributed by atoms with Crippen LogP contribution in [0.5, 0.6) is 0 Å². The first-order valence-electron chi connectivity index (χ1n) is 9.46. The number of ether oxygens (including phenoxy) is 1. The van der Waals surface area contributed by atoms with Gasteiger partial charge in [0.25, 0.3) is 0 Å². The topological polar surface area (TPSA) is 84.6 Å². The lowest BCUT2D eigenvalue weighted by Crippen LogP contribution is -2.05. The molecule has 0 saturated heterocycles. The monoisotopic (exact) mass is 409 g/mol. The van der Waals surface area contributed by atoms with E-state index >= 15 is 0 Å². The highest BCUT2D eigenvalue weighted by Crippen LogP contribution is 2.25. The highest BCUT2D eigenvalue weighted by Gasteiger charge is 2.13. The Morgan fingerprint density at radius 1 is 1.43 bits per heavy atom. The summed E-state index contributed by atoms with van der Waals surface area (Å²) in [4.78, 5) is 8.34. The molecule has 7 nitrogen and oxygen atoms in total. The standard InChI is InChI=1S/C22H24FN5O2/c1-15(6-4-7-16(2)30-3)21-26-22(25-19-9-10-24-13-18(19)23)20-12-17(8-5-11-29)14-28(20)27-21/h4,6-7,9-10,12-14,29H,1,5,8,11H2,2-3H3,(H,24,25,26,27)/b6-4-,16-7+. The van der Waals surface area contributed by atoms with Crippen LogP contribution in [-0.4, -0.2) is 38.4 Å². The molecular weight excluding hydrogens is 385 g/mol. The van der Waals surface area contributed by atoms with Gasteiger partial charge in [-0.15, -0.1) is 5.10 Å². The first-order chi connectivity index (χ1) is 14.5. The van der Waals surface area contributed by atoms with Gasteiger partial charge in [-0.25, -0.2) is 13.9 Å². The second-order valence-electron chi connectivity index (χ2n) is 6.64. The summed E-state index contributed by atoms with van der Waals surface area (Å²) >= 11 is 0. The maximum Gasteiger partial charge on any atom is 0.181 e. The maximum absolute atomic E-state index is 14.1. The molecule has 0 radical (unpaired) electrons. The van der Waals surface area contributed by atoms with Gasteiger partial charge in [0, 0.05) is 24.6 Å². The molecule has 0 unspecified atom stereocenters. The van der Waals surface area contributed by atoms with Crippen LogP contribution >= 0.6 is 0 Å². The zero-order valence-electron chi connectivity index (χ0n) is 17.0. The van der Waals surface area contributed by atoms with Crippen molar-refractivity contribution in [3.05, 3.63) is 78.5 Å². The number of anilines is 2. The van der Waals surface area contributed by atoms with E-state index in [2.05, 4.69) is 27.0 Å². The number of rotatable bonds is 9. The minimum absolute atomic E-state index is 0.104. The summed E-state index contributed by atoms with van der Waals surface area (Å²) in [7, 11) is 1.60. The van der Waals surface area contributed by atoms with Crippen LogP contribution in [0.3, 0.4) is 0 Å². The van der Waals surface area contributed by atoms with Crippen LogP contribution in [0.4, 0.5) is 15.9 Å². The minimum Gasteiger partial charge on any atom is -0.501 e. The van der Waals surface area contributed by atoms with Gasteiger partial charge in [0.15, 0.2) is 17.5 Å². The van der Waals surface area contributed by atoms with E-state index < -0.39 is 5.82 Å². The number of pyridine rings is 1. The van der Waals surface area contributed by atoms with Crippen molar-refractivity contribution in [3.63, 3.8) is 0 Å². The highest BCUT2D eigenvalue weighted by atomic mass is 19.1. The first kappa shape index (κ1) is 21.2. The smallest absolute Gasteiger partial charge is 0.181 e. The van der Waals surface area contributed by atoms with Crippen molar-refractivity contribution in [2.24, 2.45) is 0 Å². The number of aliphatic hydroxyl groups is 1. The fraction of sp³-hybridized carbons (Fsp3) is 0.227. The number of aliphatic hydroxyl groups excluding tert-OH is 1. The van der Waals surface area contributed by atoms with Crippen LogP contribution in [0.2, 0.25) is 0 Å². The van der Waals surface area contributed by atoms with E-state index in [-0.39, 0.29) is 12.3 Å². The molecule has 3 heterocycles. The molecule has 2 N–H and O–H groups in total. The zero-order chi connectivity index (χ0) is 21.5. The summed E-state index contributed by atoms with van der Waals surface area (Å²) in [5.41, 5.74) is 2.53. The number of halogens is 1. The molecule has 3 aromatic rings. The van der Waals surface area contributed by atoms with Crippen LogP contribution in [0.15, 0.2) is 61.3 Å². The average Bonchev–Trinajstić information content (AvgIpc) is 3.16. The number of nitrogens with one attached hydrogen (secondary N) is 1. The van der Waals surface area contributed by atoms with E-state index in [1.807, 2.05) is 19.2 Å². The summed E-state index contributed by atoms with van der Waals surface area (Å²) in [6.07, 6.45) is 11.2. The molecule has 0 bridgehead atoms. The summed E-state index contributed by atoms with van der Waals surface area (Å²) < 4.78 is 20.9. The second-order valence-corrected chi connectivity index (χ2v) is 6.64. The van der Waals surface area contributed by atoms with E-state index in [9.17, 15) is 4.39 Å². The normalized spacial score (nSPS) is 11.9. The van der Waals surface area contributed by atoms with Crippen LogP contribution < -0.4 is 5.32 Å². The number of hydrogen-bond acceptors (Lipinski definition) is 6. The number of aryl methyl sites for hydroxylation is 1. The number of hydrogen-bond donors (Lipinski definition) is 2. The van der Waals surface area contributed by atoms with Crippen molar-refractivity contribution >= 4 is 22.6 Å². The fourth-order valence-corrected chi connectivity index (χ4v) is 2.75. The molecule has 0 fully saturated rings. The molecule has 0 aliphatic rings. The lowest BCUT2D eigenvalue weighted by Gasteiger charge is -2.10. The third kappa shape index (κ3) is 5.09. The van der Waals surface area contributed by atoms with Gasteiger partial charge in [-0.05, 0) is 43.5 Å². The van der Waals surface area contributed by atoms with E-state index in [4.69, 9.17) is 9.84 Å². The molecular formula is C22H24FN5O2. The Hall–Kier alpha value is -3.52. The Kier molecular flexibility index (Phi) is 6.92. The summed E-state index contributed by atoms with van der Waals surface area (Å²) in [6.45, 7) is 5.98. The molecule has 0 aromatic carbocycles. The van der Waals surface area contributed by atoms with Gasteiger partial charge in [-0.2, -0.15) is 0 Å². The molecule has 0 aliphatic carbocycles. The Labute approximate surface area is 174 Å². The van der Waals surface area contributed by atoms with Gasteiger partial charge < -0.3 is 15.2 Å². The van der Waals surface area contributed by atoms with E-state index in [0.29, 0.717) is 35.6 Å². The Balaban J connectivity index is 2.01. The van der Waals surface area contributed by atoms with Crippen LogP contribution in [0.25, 0.3) is 11.1 Å². The molecule has 8 heteroatoms. The summed E-state index contributed by atoms with van der Waals surface area (Å²) in [5.74, 6) is 1.11. The second kappa shape index (κ2) is 9.80. The third-order valence-electron chi connectivity index (χ3n) is 4.41. The van der Waals surface area contributed by atoms with Crippen molar-refractivity contribution in [3.8, 4) is 0 Å². The molecule has 0 atom stereocenters. The molecule has 3 rings (SSSR count). The Morgan fingerprint density at radius 2 is 2.27 bits per heavy atom. The van der Waals surface area contributed by atoms with Crippen molar-refractivity contribution in [2.75, 3.05) is 19.0 Å². The zero-order valence-corrected chi connectivity index (χ0v) is 17.0.